The molecule has 0 atom stereocenters. The van der Waals surface area contributed by atoms with Crippen LogP contribution in [0, 0.1) is 25.5 Å². The zero-order chi connectivity index (χ0) is 14.0. The average Bonchev–Trinajstić information content (AvgIpc) is 2.37. The molecule has 0 amide bonds. The van der Waals surface area contributed by atoms with Crippen molar-refractivity contribution in [3.05, 3.63) is 63.1 Å². The van der Waals surface area contributed by atoms with E-state index in [-0.39, 0.29) is 0 Å². The highest BCUT2D eigenvalue weighted by Crippen LogP contribution is 2.25. The molecule has 1 nitrogen and oxygen atoms in total. The number of hydrogen-bond acceptors (Lipinski definition) is 1. The normalized spacial score (nSPS) is 10.6. The first-order valence-corrected chi connectivity index (χ1v) is 6.71. The van der Waals surface area contributed by atoms with E-state index in [0.29, 0.717) is 12.1 Å². The smallest absolute Gasteiger partial charge is 0.159 e. The van der Waals surface area contributed by atoms with Gasteiger partial charge in [-0.15, -0.1) is 0 Å². The molecule has 0 radical (unpaired) electrons. The first-order chi connectivity index (χ1) is 8.97. The second-order valence-electron chi connectivity index (χ2n) is 4.53. The molecule has 2 rings (SSSR count). The SMILES string of the molecule is Cc1cc(NCc2ccc(F)c(F)c2)cc(C)c1Br. The number of aryl methyl sites for hydroxylation is 2. The lowest BCUT2D eigenvalue weighted by Gasteiger charge is -2.11. The maximum atomic E-state index is 13.1. The number of rotatable bonds is 3. The fourth-order valence-electron chi connectivity index (χ4n) is 1.90. The van der Waals surface area contributed by atoms with Crippen LogP contribution in [0.5, 0.6) is 0 Å². The molecule has 0 aromatic heterocycles. The van der Waals surface area contributed by atoms with Crippen molar-refractivity contribution in [2.45, 2.75) is 20.4 Å². The fourth-order valence-corrected chi connectivity index (χ4v) is 2.13. The van der Waals surface area contributed by atoms with Gasteiger partial charge in [-0.25, -0.2) is 8.78 Å². The Morgan fingerprint density at radius 2 is 1.63 bits per heavy atom. The molecule has 0 bridgehead atoms. The largest absolute Gasteiger partial charge is 0.381 e. The summed E-state index contributed by atoms with van der Waals surface area (Å²) >= 11 is 3.51. The lowest BCUT2D eigenvalue weighted by atomic mass is 10.1. The third-order valence-corrected chi connectivity index (χ3v) is 4.17. The van der Waals surface area contributed by atoms with Crippen LogP contribution in [-0.4, -0.2) is 0 Å². The highest BCUT2D eigenvalue weighted by molar-refractivity contribution is 9.10. The Kier molecular flexibility index (Phi) is 4.20. The van der Waals surface area contributed by atoms with Crippen LogP contribution in [0.25, 0.3) is 0 Å². The molecule has 0 aliphatic carbocycles. The van der Waals surface area contributed by atoms with Crippen molar-refractivity contribution >= 4 is 21.6 Å². The van der Waals surface area contributed by atoms with Gasteiger partial charge in [0.1, 0.15) is 0 Å². The van der Waals surface area contributed by atoms with E-state index in [2.05, 4.69) is 21.2 Å². The van der Waals surface area contributed by atoms with Gasteiger partial charge in [0.15, 0.2) is 11.6 Å². The van der Waals surface area contributed by atoms with E-state index >= 15 is 0 Å². The van der Waals surface area contributed by atoms with E-state index in [9.17, 15) is 8.78 Å². The summed E-state index contributed by atoms with van der Waals surface area (Å²) in [5, 5.41) is 3.21. The molecule has 0 aliphatic heterocycles. The molecule has 100 valence electrons. The average molecular weight is 326 g/mol. The predicted octanol–water partition coefficient (Wildman–Crippen LogP) is 4.96. The van der Waals surface area contributed by atoms with Gasteiger partial charge in [-0.05, 0) is 54.8 Å². The minimum absolute atomic E-state index is 0.456. The Hall–Kier alpha value is -1.42. The first kappa shape index (κ1) is 14.0. The third-order valence-electron chi connectivity index (χ3n) is 2.92. The molecule has 4 heteroatoms. The minimum atomic E-state index is -0.820. The Bertz CT molecular complexity index is 588. The maximum Gasteiger partial charge on any atom is 0.159 e. The van der Waals surface area contributed by atoms with Crippen LogP contribution in [0.3, 0.4) is 0 Å². The summed E-state index contributed by atoms with van der Waals surface area (Å²) in [5.41, 5.74) is 3.93. The van der Waals surface area contributed by atoms with Crippen LogP contribution in [0.1, 0.15) is 16.7 Å². The van der Waals surface area contributed by atoms with Crippen LogP contribution >= 0.6 is 15.9 Å². The van der Waals surface area contributed by atoms with Gasteiger partial charge in [-0.2, -0.15) is 0 Å². The third kappa shape index (κ3) is 3.32. The van der Waals surface area contributed by atoms with Crippen molar-refractivity contribution in [3.63, 3.8) is 0 Å². The molecule has 0 saturated heterocycles. The molecule has 0 saturated carbocycles. The predicted molar refractivity (Wildman–Crippen MR) is 77.3 cm³/mol. The standard InChI is InChI=1S/C15H14BrF2N/c1-9-5-12(6-10(2)15(9)16)19-8-11-3-4-13(17)14(18)7-11/h3-7,19H,8H2,1-2H3. The van der Waals surface area contributed by atoms with Crippen LogP contribution in [0.15, 0.2) is 34.8 Å². The van der Waals surface area contributed by atoms with Gasteiger partial charge in [0.2, 0.25) is 0 Å². The monoisotopic (exact) mass is 325 g/mol. The Labute approximate surface area is 119 Å². The Morgan fingerprint density at radius 3 is 2.21 bits per heavy atom. The summed E-state index contributed by atoms with van der Waals surface area (Å²) in [6.07, 6.45) is 0. The summed E-state index contributed by atoms with van der Waals surface area (Å²) in [6.45, 7) is 4.48. The van der Waals surface area contributed by atoms with Crippen LogP contribution in [-0.2, 0) is 6.54 Å². The molecule has 19 heavy (non-hydrogen) atoms. The van der Waals surface area contributed by atoms with Gasteiger partial charge >= 0.3 is 0 Å². The van der Waals surface area contributed by atoms with Crippen molar-refractivity contribution < 1.29 is 8.78 Å². The Morgan fingerprint density at radius 1 is 1.00 bits per heavy atom. The lowest BCUT2D eigenvalue weighted by Crippen LogP contribution is -2.01. The highest BCUT2D eigenvalue weighted by atomic mass is 79.9. The van der Waals surface area contributed by atoms with Crippen LogP contribution < -0.4 is 5.32 Å². The summed E-state index contributed by atoms with van der Waals surface area (Å²) in [6, 6.07) is 7.95. The molecule has 0 unspecified atom stereocenters. The molecule has 2 aromatic carbocycles. The number of anilines is 1. The van der Waals surface area contributed by atoms with E-state index < -0.39 is 11.6 Å². The molecule has 0 aliphatic rings. The Balaban J connectivity index is 2.12. The van der Waals surface area contributed by atoms with Crippen LogP contribution in [0.4, 0.5) is 14.5 Å². The van der Waals surface area contributed by atoms with Crippen molar-refractivity contribution in [1.29, 1.82) is 0 Å². The van der Waals surface area contributed by atoms with Gasteiger partial charge in [-0.3, -0.25) is 0 Å². The van der Waals surface area contributed by atoms with E-state index in [0.717, 1.165) is 27.4 Å². The van der Waals surface area contributed by atoms with E-state index in [1.807, 2.05) is 26.0 Å². The van der Waals surface area contributed by atoms with Crippen molar-refractivity contribution in [2.75, 3.05) is 5.32 Å². The van der Waals surface area contributed by atoms with E-state index in [1.54, 1.807) is 6.07 Å². The molecule has 0 spiro atoms. The molecule has 2 aromatic rings. The maximum absolute atomic E-state index is 13.1. The van der Waals surface area contributed by atoms with Gasteiger partial charge in [0, 0.05) is 16.7 Å². The molecule has 0 heterocycles. The molecular weight excluding hydrogens is 312 g/mol. The zero-order valence-corrected chi connectivity index (χ0v) is 12.3. The second kappa shape index (κ2) is 5.70. The van der Waals surface area contributed by atoms with Gasteiger partial charge in [0.25, 0.3) is 0 Å². The summed E-state index contributed by atoms with van der Waals surface area (Å²) in [7, 11) is 0. The first-order valence-electron chi connectivity index (χ1n) is 5.92. The van der Waals surface area contributed by atoms with Crippen molar-refractivity contribution in [1.82, 2.24) is 0 Å². The highest BCUT2D eigenvalue weighted by Gasteiger charge is 2.04. The van der Waals surface area contributed by atoms with Gasteiger partial charge in [0.05, 0.1) is 0 Å². The summed E-state index contributed by atoms with van der Waals surface area (Å²) in [5.74, 6) is -1.64. The zero-order valence-electron chi connectivity index (χ0n) is 10.7. The number of hydrogen-bond donors (Lipinski definition) is 1. The van der Waals surface area contributed by atoms with Gasteiger partial charge in [-0.1, -0.05) is 22.0 Å². The quantitative estimate of drug-likeness (QED) is 0.841. The summed E-state index contributed by atoms with van der Waals surface area (Å²) in [4.78, 5) is 0. The van der Waals surface area contributed by atoms with E-state index in [1.165, 1.54) is 6.07 Å². The topological polar surface area (TPSA) is 12.0 Å². The molecular formula is C15H14BrF2N. The summed E-state index contributed by atoms with van der Waals surface area (Å²) < 4.78 is 27.0. The van der Waals surface area contributed by atoms with Gasteiger partial charge < -0.3 is 5.32 Å². The second-order valence-corrected chi connectivity index (χ2v) is 5.32. The number of nitrogens with one attached hydrogen (secondary N) is 1. The van der Waals surface area contributed by atoms with E-state index in [4.69, 9.17) is 0 Å². The molecule has 0 fully saturated rings. The lowest BCUT2D eigenvalue weighted by molar-refractivity contribution is 0.507. The number of halogens is 3. The van der Waals surface area contributed by atoms with Crippen molar-refractivity contribution in [3.8, 4) is 0 Å². The fraction of sp³-hybridized carbons (Fsp3) is 0.200. The van der Waals surface area contributed by atoms with Crippen molar-refractivity contribution in [2.24, 2.45) is 0 Å². The van der Waals surface area contributed by atoms with Crippen LogP contribution in [0.2, 0.25) is 0 Å². The minimum Gasteiger partial charge on any atom is -0.381 e. The molecule has 1 N–H and O–H groups in total. The number of benzene rings is 2.